The fraction of sp³-hybridized carbons (Fsp3) is 0.316. The Morgan fingerprint density at radius 3 is 2.39 bits per heavy atom. The number of carbonyl (C=O) groups is 1. The quantitative estimate of drug-likeness (QED) is 0.541. The summed E-state index contributed by atoms with van der Waals surface area (Å²) in [6.07, 6.45) is 0. The molecule has 0 saturated carbocycles. The van der Waals surface area contributed by atoms with E-state index in [4.69, 9.17) is 5.73 Å². The van der Waals surface area contributed by atoms with Crippen LogP contribution in [0.5, 0.6) is 0 Å². The molecule has 3 rings (SSSR count). The Morgan fingerprint density at radius 1 is 1.11 bits per heavy atom. The lowest BCUT2D eigenvalue weighted by molar-refractivity contribution is -0.384. The van der Waals surface area contributed by atoms with Crippen LogP contribution in [0.15, 0.2) is 48.5 Å². The van der Waals surface area contributed by atoms with Crippen LogP contribution in [0.1, 0.15) is 10.4 Å². The van der Waals surface area contributed by atoms with Crippen LogP contribution < -0.4 is 16.0 Å². The van der Waals surface area contributed by atoms with Gasteiger partial charge >= 0.3 is 0 Å². The Balaban J connectivity index is 0.00000280. The number of nitro groups is 1. The smallest absolute Gasteiger partial charge is 0.270 e. The number of nitrogens with two attached hydrogens (primary N) is 1. The molecule has 1 heterocycles. The van der Waals surface area contributed by atoms with Gasteiger partial charge in [0.2, 0.25) is 0 Å². The van der Waals surface area contributed by atoms with Gasteiger partial charge in [0.05, 0.1) is 10.5 Å². The fourth-order valence-corrected chi connectivity index (χ4v) is 3.22. The van der Waals surface area contributed by atoms with E-state index in [9.17, 15) is 14.9 Å². The van der Waals surface area contributed by atoms with Crippen LogP contribution in [0.2, 0.25) is 0 Å². The molecule has 150 valence electrons. The molecule has 28 heavy (non-hydrogen) atoms. The molecule has 2 aromatic rings. The van der Waals surface area contributed by atoms with Gasteiger partial charge < -0.3 is 16.0 Å². The summed E-state index contributed by atoms with van der Waals surface area (Å²) >= 11 is 0. The van der Waals surface area contributed by atoms with Crippen molar-refractivity contribution in [2.45, 2.75) is 0 Å². The van der Waals surface area contributed by atoms with Crippen LogP contribution in [0, 0.1) is 10.1 Å². The van der Waals surface area contributed by atoms with Gasteiger partial charge in [-0.25, -0.2) is 0 Å². The molecule has 2 aromatic carbocycles. The fourth-order valence-electron chi connectivity index (χ4n) is 3.22. The summed E-state index contributed by atoms with van der Waals surface area (Å²) in [5.74, 6) is -0.683. The van der Waals surface area contributed by atoms with Crippen LogP contribution >= 0.6 is 12.4 Å². The number of non-ortho nitro benzene ring substituents is 1. The van der Waals surface area contributed by atoms with E-state index < -0.39 is 10.8 Å². The molecule has 1 fully saturated rings. The monoisotopic (exact) mass is 405 g/mol. The molecule has 0 radical (unpaired) electrons. The molecule has 0 atom stereocenters. The number of para-hydroxylation sites is 1. The number of benzene rings is 2. The molecule has 0 aromatic heterocycles. The standard InChI is InChI=1S/C19H23N5O3.ClH/c20-19(25)17-14-16(24(26)27)6-7-18(17)21-8-9-22-10-12-23(13-11-22)15-4-2-1-3-5-15;/h1-7,14,21H,8-13H2,(H2,20,25);1H. The maximum Gasteiger partial charge on any atom is 0.270 e. The van der Waals surface area contributed by atoms with E-state index in [1.807, 2.05) is 18.2 Å². The second kappa shape index (κ2) is 9.91. The van der Waals surface area contributed by atoms with Gasteiger partial charge in [0.25, 0.3) is 11.6 Å². The van der Waals surface area contributed by atoms with Crippen LogP contribution in [-0.4, -0.2) is 55.0 Å². The van der Waals surface area contributed by atoms with Gasteiger partial charge in [-0.3, -0.25) is 19.8 Å². The predicted octanol–water partition coefficient (Wildman–Crippen LogP) is 2.35. The maximum atomic E-state index is 11.6. The number of nitrogens with one attached hydrogen (secondary N) is 1. The van der Waals surface area contributed by atoms with E-state index >= 15 is 0 Å². The topological polar surface area (TPSA) is 105 Å². The first-order valence-electron chi connectivity index (χ1n) is 8.89. The average Bonchev–Trinajstić information content (AvgIpc) is 2.69. The van der Waals surface area contributed by atoms with Crippen LogP contribution in [0.4, 0.5) is 17.1 Å². The minimum atomic E-state index is -0.683. The summed E-state index contributed by atoms with van der Waals surface area (Å²) in [5, 5.41) is 14.0. The highest BCUT2D eigenvalue weighted by molar-refractivity contribution is 5.99. The molecule has 0 spiro atoms. The summed E-state index contributed by atoms with van der Waals surface area (Å²) in [6.45, 7) is 5.29. The van der Waals surface area contributed by atoms with Crippen molar-refractivity contribution in [3.05, 3.63) is 64.2 Å². The highest BCUT2D eigenvalue weighted by Crippen LogP contribution is 2.22. The van der Waals surface area contributed by atoms with Crippen LogP contribution in [0.3, 0.4) is 0 Å². The number of halogens is 1. The average molecular weight is 406 g/mol. The number of amides is 1. The number of rotatable bonds is 7. The lowest BCUT2D eigenvalue weighted by atomic mass is 10.1. The Labute approximate surface area is 169 Å². The SMILES string of the molecule is Cl.NC(=O)c1cc([N+](=O)[O-])ccc1NCCN1CCN(c2ccccc2)CC1. The lowest BCUT2D eigenvalue weighted by Crippen LogP contribution is -2.47. The number of piperazine rings is 1. The molecular formula is C19H24ClN5O3. The van der Waals surface area contributed by atoms with Crippen molar-refractivity contribution in [2.75, 3.05) is 49.5 Å². The van der Waals surface area contributed by atoms with E-state index in [1.165, 1.54) is 23.9 Å². The predicted molar refractivity (Wildman–Crippen MR) is 112 cm³/mol. The summed E-state index contributed by atoms with van der Waals surface area (Å²) in [7, 11) is 0. The maximum absolute atomic E-state index is 11.6. The number of nitrogens with zero attached hydrogens (tertiary/aromatic N) is 3. The van der Waals surface area contributed by atoms with Crippen molar-refractivity contribution < 1.29 is 9.72 Å². The van der Waals surface area contributed by atoms with E-state index in [0.29, 0.717) is 12.2 Å². The summed E-state index contributed by atoms with van der Waals surface area (Å²) in [5.41, 5.74) is 7.11. The molecule has 8 nitrogen and oxygen atoms in total. The first kappa shape index (κ1) is 21.5. The van der Waals surface area contributed by atoms with Crippen molar-refractivity contribution in [3.63, 3.8) is 0 Å². The minimum absolute atomic E-state index is 0. The molecule has 3 N–H and O–H groups in total. The second-order valence-corrected chi connectivity index (χ2v) is 6.44. The molecule has 0 unspecified atom stereocenters. The largest absolute Gasteiger partial charge is 0.383 e. The van der Waals surface area contributed by atoms with Crippen molar-refractivity contribution in [3.8, 4) is 0 Å². The first-order valence-corrected chi connectivity index (χ1v) is 8.89. The van der Waals surface area contributed by atoms with Gasteiger partial charge in [-0.05, 0) is 18.2 Å². The Bertz CT molecular complexity index is 810. The van der Waals surface area contributed by atoms with Gasteiger partial charge in [0.1, 0.15) is 0 Å². The summed E-state index contributed by atoms with van der Waals surface area (Å²) in [4.78, 5) is 26.6. The number of nitro benzene ring substituents is 1. The Hall–Kier alpha value is -2.84. The molecule has 0 aliphatic carbocycles. The minimum Gasteiger partial charge on any atom is -0.383 e. The van der Waals surface area contributed by atoms with Gasteiger partial charge in [-0.2, -0.15) is 0 Å². The Kier molecular flexibility index (Phi) is 7.60. The third-order valence-corrected chi connectivity index (χ3v) is 4.72. The van der Waals surface area contributed by atoms with E-state index in [1.54, 1.807) is 0 Å². The number of hydrogen-bond acceptors (Lipinski definition) is 6. The van der Waals surface area contributed by atoms with Gasteiger partial charge in [-0.15, -0.1) is 12.4 Å². The normalized spacial score (nSPS) is 14.2. The molecule has 1 aliphatic heterocycles. The zero-order valence-electron chi connectivity index (χ0n) is 15.4. The van der Waals surface area contributed by atoms with Crippen LogP contribution in [0.25, 0.3) is 0 Å². The van der Waals surface area contributed by atoms with Crippen molar-refractivity contribution in [1.82, 2.24) is 4.90 Å². The number of anilines is 2. The zero-order valence-corrected chi connectivity index (χ0v) is 16.2. The van der Waals surface area contributed by atoms with Crippen molar-refractivity contribution in [2.24, 2.45) is 5.73 Å². The zero-order chi connectivity index (χ0) is 19.2. The van der Waals surface area contributed by atoms with Gasteiger partial charge in [0.15, 0.2) is 0 Å². The molecule has 1 aliphatic rings. The number of primary amides is 1. The van der Waals surface area contributed by atoms with Crippen LogP contribution in [-0.2, 0) is 0 Å². The molecule has 1 amide bonds. The van der Waals surface area contributed by atoms with E-state index in [2.05, 4.69) is 27.2 Å². The first-order chi connectivity index (χ1) is 13.0. The number of carbonyl (C=O) groups excluding carboxylic acids is 1. The van der Waals surface area contributed by atoms with Gasteiger partial charge in [-0.1, -0.05) is 18.2 Å². The van der Waals surface area contributed by atoms with E-state index in [0.717, 1.165) is 32.7 Å². The molecule has 9 heteroatoms. The summed E-state index contributed by atoms with van der Waals surface area (Å²) in [6, 6.07) is 14.5. The molecular weight excluding hydrogens is 382 g/mol. The second-order valence-electron chi connectivity index (χ2n) is 6.44. The lowest BCUT2D eigenvalue weighted by Gasteiger charge is -2.36. The highest BCUT2D eigenvalue weighted by atomic mass is 35.5. The molecule has 0 bridgehead atoms. The van der Waals surface area contributed by atoms with E-state index in [-0.39, 0.29) is 23.7 Å². The van der Waals surface area contributed by atoms with Gasteiger partial charge in [0, 0.05) is 62.8 Å². The van der Waals surface area contributed by atoms with Crippen molar-refractivity contribution >= 4 is 35.4 Å². The number of hydrogen-bond donors (Lipinski definition) is 2. The highest BCUT2D eigenvalue weighted by Gasteiger charge is 2.18. The third kappa shape index (κ3) is 5.34. The van der Waals surface area contributed by atoms with Crippen molar-refractivity contribution in [1.29, 1.82) is 0 Å². The molecule has 1 saturated heterocycles. The summed E-state index contributed by atoms with van der Waals surface area (Å²) < 4.78 is 0. The Morgan fingerprint density at radius 2 is 1.79 bits per heavy atom. The third-order valence-electron chi connectivity index (χ3n) is 4.72.